The maximum atomic E-state index is 11.6. The third-order valence-electron chi connectivity index (χ3n) is 2.65. The van der Waals surface area contributed by atoms with E-state index in [0.29, 0.717) is 5.56 Å². The van der Waals surface area contributed by atoms with Crippen molar-refractivity contribution >= 4 is 17.6 Å². The highest BCUT2D eigenvalue weighted by Gasteiger charge is 2.21. The Morgan fingerprint density at radius 3 is 2.50 bits per heavy atom. The molecule has 0 aliphatic carbocycles. The molecule has 1 aromatic carbocycles. The largest absolute Gasteiger partial charge is 0.468 e. The van der Waals surface area contributed by atoms with Gasteiger partial charge in [-0.3, -0.25) is 14.9 Å². The van der Waals surface area contributed by atoms with Gasteiger partial charge < -0.3 is 15.2 Å². The quantitative estimate of drug-likeness (QED) is 0.472. The standard InChI is InChI=1S/C12H14N2O6/c1-19-11(15)9-6-8(14(17)18)4-3-7(9)5-10(13)12(16)20-2/h3-4,6,10H,5,13H2,1-2H3/t10-/m0/s1. The number of carbonyl (C=O) groups excluding carboxylic acids is 2. The van der Waals surface area contributed by atoms with Crippen LogP contribution < -0.4 is 5.73 Å². The molecule has 0 radical (unpaired) electrons. The SMILES string of the molecule is COC(=O)c1cc([N+](=O)[O-])ccc1C[C@H](N)C(=O)OC. The molecule has 1 aromatic rings. The van der Waals surface area contributed by atoms with E-state index in [1.807, 2.05) is 0 Å². The normalized spacial score (nSPS) is 11.6. The van der Waals surface area contributed by atoms with Crippen molar-refractivity contribution in [3.63, 3.8) is 0 Å². The van der Waals surface area contributed by atoms with Gasteiger partial charge in [0.1, 0.15) is 6.04 Å². The molecule has 1 atom stereocenters. The van der Waals surface area contributed by atoms with Crippen LogP contribution in [-0.2, 0) is 20.7 Å². The molecule has 0 spiro atoms. The molecular formula is C12H14N2O6. The zero-order valence-electron chi connectivity index (χ0n) is 11.0. The zero-order valence-corrected chi connectivity index (χ0v) is 11.0. The number of benzene rings is 1. The van der Waals surface area contributed by atoms with Crippen LogP contribution in [0.4, 0.5) is 5.69 Å². The molecular weight excluding hydrogens is 268 g/mol. The number of methoxy groups -OCH3 is 2. The maximum Gasteiger partial charge on any atom is 0.338 e. The highest BCUT2D eigenvalue weighted by atomic mass is 16.6. The predicted octanol–water partition coefficient (Wildman–Crippen LogP) is 0.424. The van der Waals surface area contributed by atoms with E-state index in [2.05, 4.69) is 9.47 Å². The number of non-ortho nitro benzene ring substituents is 1. The van der Waals surface area contributed by atoms with E-state index in [1.165, 1.54) is 19.2 Å². The molecule has 0 aliphatic heterocycles. The molecule has 0 saturated heterocycles. The molecule has 0 aliphatic rings. The van der Waals surface area contributed by atoms with Crippen LogP contribution in [0.25, 0.3) is 0 Å². The lowest BCUT2D eigenvalue weighted by Crippen LogP contribution is -2.34. The van der Waals surface area contributed by atoms with E-state index >= 15 is 0 Å². The summed E-state index contributed by atoms with van der Waals surface area (Å²) in [6, 6.07) is 2.72. The number of ether oxygens (including phenoxy) is 2. The fourth-order valence-electron chi connectivity index (χ4n) is 1.63. The van der Waals surface area contributed by atoms with E-state index in [9.17, 15) is 19.7 Å². The van der Waals surface area contributed by atoms with Gasteiger partial charge >= 0.3 is 11.9 Å². The second-order valence-electron chi connectivity index (χ2n) is 3.92. The number of nitrogens with two attached hydrogens (primary N) is 1. The molecule has 8 nitrogen and oxygen atoms in total. The molecule has 0 aromatic heterocycles. The van der Waals surface area contributed by atoms with Gasteiger partial charge in [0.2, 0.25) is 0 Å². The first-order chi connectivity index (χ1) is 9.40. The second kappa shape index (κ2) is 6.62. The Hall–Kier alpha value is -2.48. The van der Waals surface area contributed by atoms with Crippen LogP contribution in [0.3, 0.4) is 0 Å². The summed E-state index contributed by atoms with van der Waals surface area (Å²) < 4.78 is 9.05. The summed E-state index contributed by atoms with van der Waals surface area (Å²) in [5.41, 5.74) is 5.73. The number of hydrogen-bond acceptors (Lipinski definition) is 7. The van der Waals surface area contributed by atoms with E-state index in [1.54, 1.807) is 0 Å². The Morgan fingerprint density at radius 2 is 2.00 bits per heavy atom. The summed E-state index contributed by atoms with van der Waals surface area (Å²) in [5.74, 6) is -1.38. The number of rotatable bonds is 5. The van der Waals surface area contributed by atoms with Crippen molar-refractivity contribution in [2.24, 2.45) is 5.73 Å². The third-order valence-corrected chi connectivity index (χ3v) is 2.65. The number of nitro groups is 1. The minimum Gasteiger partial charge on any atom is -0.468 e. The molecule has 8 heteroatoms. The Balaban J connectivity index is 3.15. The number of esters is 2. The van der Waals surface area contributed by atoms with Gasteiger partial charge in [0.25, 0.3) is 5.69 Å². The van der Waals surface area contributed by atoms with Crippen molar-refractivity contribution in [1.82, 2.24) is 0 Å². The van der Waals surface area contributed by atoms with Gasteiger partial charge in [-0.2, -0.15) is 0 Å². The highest BCUT2D eigenvalue weighted by molar-refractivity contribution is 5.92. The average Bonchev–Trinajstić information content (AvgIpc) is 2.45. The summed E-state index contributed by atoms with van der Waals surface area (Å²) in [4.78, 5) is 33.0. The molecule has 1 rings (SSSR count). The summed E-state index contributed by atoms with van der Waals surface area (Å²) in [6.45, 7) is 0. The lowest BCUT2D eigenvalue weighted by Gasteiger charge is -2.12. The van der Waals surface area contributed by atoms with Crippen LogP contribution in [0, 0.1) is 10.1 Å². The topological polar surface area (TPSA) is 122 Å². The van der Waals surface area contributed by atoms with E-state index in [0.717, 1.165) is 13.2 Å². The molecule has 108 valence electrons. The third kappa shape index (κ3) is 3.51. The van der Waals surface area contributed by atoms with Gasteiger partial charge in [-0.25, -0.2) is 4.79 Å². The van der Waals surface area contributed by atoms with Gasteiger partial charge in [-0.15, -0.1) is 0 Å². The lowest BCUT2D eigenvalue weighted by molar-refractivity contribution is -0.384. The lowest BCUT2D eigenvalue weighted by atomic mass is 10.00. The monoisotopic (exact) mass is 282 g/mol. The first-order valence-corrected chi connectivity index (χ1v) is 5.59. The van der Waals surface area contributed by atoms with Crippen LogP contribution in [0.5, 0.6) is 0 Å². The Labute approximate surface area is 114 Å². The molecule has 0 fully saturated rings. The first kappa shape index (κ1) is 15.6. The van der Waals surface area contributed by atoms with Crippen molar-refractivity contribution in [2.45, 2.75) is 12.5 Å². The van der Waals surface area contributed by atoms with E-state index in [4.69, 9.17) is 5.73 Å². The summed E-state index contributed by atoms with van der Waals surface area (Å²) in [7, 11) is 2.35. The summed E-state index contributed by atoms with van der Waals surface area (Å²) >= 11 is 0. The smallest absolute Gasteiger partial charge is 0.338 e. The van der Waals surface area contributed by atoms with Gasteiger partial charge in [-0.1, -0.05) is 6.07 Å². The summed E-state index contributed by atoms with van der Waals surface area (Å²) in [6.07, 6.45) is 0.00903. The number of hydrogen-bond donors (Lipinski definition) is 1. The predicted molar refractivity (Wildman–Crippen MR) is 68.1 cm³/mol. The van der Waals surface area contributed by atoms with Crippen LogP contribution in [-0.4, -0.2) is 37.1 Å². The van der Waals surface area contributed by atoms with E-state index in [-0.39, 0.29) is 17.7 Å². The van der Waals surface area contributed by atoms with Crippen LogP contribution in [0.1, 0.15) is 15.9 Å². The fraction of sp³-hybridized carbons (Fsp3) is 0.333. The number of carbonyl (C=O) groups is 2. The van der Waals surface area contributed by atoms with Gasteiger partial charge in [0.05, 0.1) is 24.7 Å². The van der Waals surface area contributed by atoms with Crippen LogP contribution in [0.2, 0.25) is 0 Å². The Morgan fingerprint density at radius 1 is 1.35 bits per heavy atom. The molecule has 0 heterocycles. The summed E-state index contributed by atoms with van der Waals surface area (Å²) in [5, 5.41) is 10.7. The van der Waals surface area contributed by atoms with Crippen LogP contribution >= 0.6 is 0 Å². The second-order valence-corrected chi connectivity index (χ2v) is 3.92. The van der Waals surface area contributed by atoms with Crippen molar-refractivity contribution in [2.75, 3.05) is 14.2 Å². The fourth-order valence-corrected chi connectivity index (χ4v) is 1.63. The van der Waals surface area contributed by atoms with Gasteiger partial charge in [-0.05, 0) is 12.0 Å². The van der Waals surface area contributed by atoms with Crippen molar-refractivity contribution < 1.29 is 24.0 Å². The van der Waals surface area contributed by atoms with Gasteiger partial charge in [0, 0.05) is 12.1 Å². The zero-order chi connectivity index (χ0) is 15.3. The van der Waals surface area contributed by atoms with Crippen molar-refractivity contribution in [1.29, 1.82) is 0 Å². The van der Waals surface area contributed by atoms with Crippen LogP contribution in [0.15, 0.2) is 18.2 Å². The Kier molecular flexibility index (Phi) is 5.15. The minimum absolute atomic E-state index is 0.000975. The number of nitro benzene ring substituents is 1. The average molecular weight is 282 g/mol. The maximum absolute atomic E-state index is 11.6. The van der Waals surface area contributed by atoms with Crippen molar-refractivity contribution in [3.05, 3.63) is 39.4 Å². The number of nitrogens with zero attached hydrogens (tertiary/aromatic N) is 1. The molecule has 0 bridgehead atoms. The Bertz CT molecular complexity index is 543. The van der Waals surface area contributed by atoms with Gasteiger partial charge in [0.15, 0.2) is 0 Å². The molecule has 2 N–H and O–H groups in total. The molecule has 0 unspecified atom stereocenters. The molecule has 0 amide bonds. The molecule has 20 heavy (non-hydrogen) atoms. The van der Waals surface area contributed by atoms with E-state index < -0.39 is 22.9 Å². The minimum atomic E-state index is -0.968. The molecule has 0 saturated carbocycles. The first-order valence-electron chi connectivity index (χ1n) is 5.59. The highest BCUT2D eigenvalue weighted by Crippen LogP contribution is 2.20. The van der Waals surface area contributed by atoms with Crippen molar-refractivity contribution in [3.8, 4) is 0 Å².